The molecule has 0 bridgehead atoms. The number of amides is 4. The number of nitrogens with one attached hydrogen (secondary N) is 3. The van der Waals surface area contributed by atoms with Gasteiger partial charge in [0, 0.05) is 30.0 Å². The van der Waals surface area contributed by atoms with Gasteiger partial charge in [-0.1, -0.05) is 50.3 Å². The fourth-order valence-corrected chi connectivity index (χ4v) is 4.02. The Morgan fingerprint density at radius 1 is 1.03 bits per heavy atom. The number of nitrogens with zero attached hydrogens (tertiary/aromatic N) is 1. The predicted octanol–water partition coefficient (Wildman–Crippen LogP) is 3.52. The maximum atomic E-state index is 12.8. The number of carbonyl (C=O) groups excluding carboxylic acids is 3. The van der Waals surface area contributed by atoms with Crippen LogP contribution < -0.4 is 16.0 Å². The van der Waals surface area contributed by atoms with E-state index in [1.807, 2.05) is 45.0 Å². The highest BCUT2D eigenvalue weighted by atomic mass is 16.4. The fraction of sp³-hybridized carbons (Fsp3) is 0.308. The van der Waals surface area contributed by atoms with E-state index in [9.17, 15) is 19.2 Å². The van der Waals surface area contributed by atoms with Crippen molar-refractivity contribution < 1.29 is 24.3 Å². The molecule has 1 atom stereocenters. The molecule has 0 saturated carbocycles. The van der Waals surface area contributed by atoms with E-state index in [2.05, 4.69) is 16.0 Å². The number of carboxylic acid groups (broad SMARTS) is 1. The summed E-state index contributed by atoms with van der Waals surface area (Å²) in [5, 5.41) is 17.4. The second kappa shape index (κ2) is 11.3. The monoisotopic (exact) mass is 478 g/mol. The Hall–Kier alpha value is -4.14. The van der Waals surface area contributed by atoms with Gasteiger partial charge in [-0.3, -0.25) is 14.4 Å². The Balaban J connectivity index is 1.54. The van der Waals surface area contributed by atoms with Crippen LogP contribution in [0.15, 0.2) is 60.2 Å². The highest BCUT2D eigenvalue weighted by Crippen LogP contribution is 2.26. The Morgan fingerprint density at radius 3 is 2.34 bits per heavy atom. The molecule has 4 N–H and O–H groups in total. The van der Waals surface area contributed by atoms with E-state index in [0.717, 1.165) is 16.8 Å². The molecular formula is C26H30N4O5. The highest BCUT2D eigenvalue weighted by molar-refractivity contribution is 6.00. The topological polar surface area (TPSA) is 128 Å². The zero-order valence-corrected chi connectivity index (χ0v) is 20.0. The molecule has 0 fully saturated rings. The van der Waals surface area contributed by atoms with Crippen molar-refractivity contribution in [1.82, 2.24) is 10.2 Å². The summed E-state index contributed by atoms with van der Waals surface area (Å²) in [5.41, 5.74) is 3.59. The van der Waals surface area contributed by atoms with Crippen LogP contribution in [0.5, 0.6) is 0 Å². The molecule has 2 aromatic rings. The highest BCUT2D eigenvalue weighted by Gasteiger charge is 2.36. The van der Waals surface area contributed by atoms with Crippen LogP contribution in [0, 0.1) is 12.8 Å². The summed E-state index contributed by atoms with van der Waals surface area (Å²) in [4.78, 5) is 49.8. The average molecular weight is 479 g/mol. The molecule has 0 radical (unpaired) electrons. The first-order valence-electron chi connectivity index (χ1n) is 11.4. The third-order valence-electron chi connectivity index (χ3n) is 5.74. The number of para-hydroxylation sites is 1. The van der Waals surface area contributed by atoms with Crippen molar-refractivity contribution in [2.75, 3.05) is 17.2 Å². The van der Waals surface area contributed by atoms with Crippen molar-refractivity contribution in [3.63, 3.8) is 0 Å². The van der Waals surface area contributed by atoms with Gasteiger partial charge in [-0.2, -0.15) is 0 Å². The van der Waals surface area contributed by atoms with Crippen molar-refractivity contribution in [3.8, 4) is 0 Å². The van der Waals surface area contributed by atoms with Gasteiger partial charge in [0.2, 0.25) is 11.8 Å². The Labute approximate surface area is 204 Å². The fourth-order valence-electron chi connectivity index (χ4n) is 4.02. The molecule has 0 aliphatic carbocycles. The van der Waals surface area contributed by atoms with E-state index >= 15 is 0 Å². The Bertz CT molecular complexity index is 1140. The number of aryl methyl sites for hydroxylation is 1. The van der Waals surface area contributed by atoms with Crippen LogP contribution in [0.25, 0.3) is 0 Å². The summed E-state index contributed by atoms with van der Waals surface area (Å²) in [5.74, 6) is -2.05. The van der Waals surface area contributed by atoms with E-state index < -0.39 is 24.3 Å². The Kier molecular flexibility index (Phi) is 8.25. The van der Waals surface area contributed by atoms with Crippen molar-refractivity contribution in [1.29, 1.82) is 0 Å². The van der Waals surface area contributed by atoms with Gasteiger partial charge in [0.25, 0.3) is 0 Å². The number of carbonyl (C=O) groups is 4. The van der Waals surface area contributed by atoms with E-state index in [1.54, 1.807) is 30.3 Å². The summed E-state index contributed by atoms with van der Waals surface area (Å²) in [6, 6.07) is 13.8. The number of carboxylic acids is 1. The predicted molar refractivity (Wildman–Crippen MR) is 133 cm³/mol. The largest absolute Gasteiger partial charge is 0.481 e. The summed E-state index contributed by atoms with van der Waals surface area (Å²) >= 11 is 0. The molecule has 184 valence electrons. The molecule has 9 heteroatoms. The van der Waals surface area contributed by atoms with Gasteiger partial charge in [0.15, 0.2) is 0 Å². The van der Waals surface area contributed by atoms with Gasteiger partial charge < -0.3 is 26.0 Å². The summed E-state index contributed by atoms with van der Waals surface area (Å²) in [7, 11) is 0. The van der Waals surface area contributed by atoms with E-state index in [1.165, 1.54) is 4.90 Å². The third-order valence-corrected chi connectivity index (χ3v) is 5.74. The molecule has 3 rings (SSSR count). The van der Waals surface area contributed by atoms with Crippen LogP contribution in [-0.2, 0) is 20.9 Å². The van der Waals surface area contributed by atoms with Gasteiger partial charge in [-0.25, -0.2) is 4.79 Å². The van der Waals surface area contributed by atoms with Crippen LogP contribution in [0.2, 0.25) is 0 Å². The lowest BCUT2D eigenvalue weighted by Crippen LogP contribution is -2.44. The molecule has 1 aliphatic heterocycles. The van der Waals surface area contributed by atoms with Crippen molar-refractivity contribution >= 4 is 35.2 Å². The molecule has 0 aromatic heterocycles. The zero-order valence-electron chi connectivity index (χ0n) is 20.0. The molecule has 0 spiro atoms. The number of anilines is 2. The van der Waals surface area contributed by atoms with Crippen molar-refractivity contribution in [2.24, 2.45) is 5.92 Å². The van der Waals surface area contributed by atoms with Crippen LogP contribution in [-0.4, -0.2) is 46.4 Å². The number of hydrogen-bond acceptors (Lipinski definition) is 4. The number of urea groups is 1. The lowest BCUT2D eigenvalue weighted by atomic mass is 9.96. The maximum absolute atomic E-state index is 12.8. The Morgan fingerprint density at radius 2 is 1.71 bits per heavy atom. The van der Waals surface area contributed by atoms with Gasteiger partial charge >= 0.3 is 12.0 Å². The zero-order chi connectivity index (χ0) is 25.5. The smallest absolute Gasteiger partial charge is 0.323 e. The quantitative estimate of drug-likeness (QED) is 0.432. The first-order valence-corrected chi connectivity index (χ1v) is 11.4. The average Bonchev–Trinajstić information content (AvgIpc) is 3.25. The SMILES string of the molecule is Cc1ccccc1NC(=O)Nc1ccc(CNC(=O)C2=CCN(C(=O)CC(=O)O)[C@H]2C(C)C)cc1. The molecule has 0 saturated heterocycles. The van der Waals surface area contributed by atoms with E-state index in [-0.39, 0.29) is 30.9 Å². The lowest BCUT2D eigenvalue weighted by Gasteiger charge is -2.29. The molecule has 35 heavy (non-hydrogen) atoms. The first-order chi connectivity index (χ1) is 16.7. The molecule has 9 nitrogen and oxygen atoms in total. The van der Waals surface area contributed by atoms with Crippen LogP contribution in [0.3, 0.4) is 0 Å². The van der Waals surface area contributed by atoms with Gasteiger partial charge in [-0.15, -0.1) is 0 Å². The van der Waals surface area contributed by atoms with Crippen molar-refractivity contribution in [2.45, 2.75) is 39.8 Å². The second-order valence-corrected chi connectivity index (χ2v) is 8.74. The molecule has 4 amide bonds. The molecule has 1 heterocycles. The van der Waals surface area contributed by atoms with Crippen LogP contribution in [0.4, 0.5) is 16.2 Å². The molecular weight excluding hydrogens is 448 g/mol. The van der Waals surface area contributed by atoms with E-state index in [4.69, 9.17) is 5.11 Å². The number of aliphatic carboxylic acids is 1. The van der Waals surface area contributed by atoms with Crippen LogP contribution in [0.1, 0.15) is 31.4 Å². The minimum Gasteiger partial charge on any atom is -0.481 e. The second-order valence-electron chi connectivity index (χ2n) is 8.74. The van der Waals surface area contributed by atoms with Crippen LogP contribution >= 0.6 is 0 Å². The number of rotatable bonds is 8. The minimum absolute atomic E-state index is 0.0524. The minimum atomic E-state index is -1.19. The molecule has 0 unspecified atom stereocenters. The normalized spacial score (nSPS) is 14.9. The number of benzene rings is 2. The number of hydrogen-bond donors (Lipinski definition) is 4. The molecule has 1 aliphatic rings. The summed E-state index contributed by atoms with van der Waals surface area (Å²) < 4.78 is 0. The van der Waals surface area contributed by atoms with E-state index in [0.29, 0.717) is 11.3 Å². The lowest BCUT2D eigenvalue weighted by molar-refractivity contribution is -0.144. The van der Waals surface area contributed by atoms with Gasteiger partial charge in [0.05, 0.1) is 6.04 Å². The standard InChI is InChI=1S/C26H30N4O5/c1-16(2)24-20(12-13-30(24)22(31)14-23(32)33)25(34)27-15-18-8-10-19(11-9-18)28-26(35)29-21-7-5-4-6-17(21)3/h4-12,16,24H,13-15H2,1-3H3,(H,27,34)(H,32,33)(H2,28,29,35)/t24-/m0/s1. The third kappa shape index (κ3) is 6.69. The maximum Gasteiger partial charge on any atom is 0.323 e. The first kappa shape index (κ1) is 25.5. The molecule has 2 aromatic carbocycles. The summed E-state index contributed by atoms with van der Waals surface area (Å²) in [6.07, 6.45) is 1.08. The van der Waals surface area contributed by atoms with Gasteiger partial charge in [-0.05, 0) is 42.2 Å². The van der Waals surface area contributed by atoms with Gasteiger partial charge in [0.1, 0.15) is 6.42 Å². The van der Waals surface area contributed by atoms with Crippen molar-refractivity contribution in [3.05, 3.63) is 71.3 Å². The summed E-state index contributed by atoms with van der Waals surface area (Å²) in [6.45, 7) is 6.16.